The molecule has 1 atom stereocenters. The van der Waals surface area contributed by atoms with E-state index in [-0.39, 0.29) is 22.4 Å². The van der Waals surface area contributed by atoms with Gasteiger partial charge in [-0.3, -0.25) is 14.9 Å². The second-order valence-electron chi connectivity index (χ2n) is 4.50. The quantitative estimate of drug-likeness (QED) is 0.482. The number of amides is 1. The smallest absolute Gasteiger partial charge is 0.271 e. The summed E-state index contributed by atoms with van der Waals surface area (Å²) < 4.78 is 0. The summed E-state index contributed by atoms with van der Waals surface area (Å²) in [6.45, 7) is 0. The maximum absolute atomic E-state index is 11.9. The standard InChI is InChI=1S/C14H10N4O3S/c19-13-9-4-1-2-5-10(9)16-12(17-13)8-22-14-11(18(20)21)6-3-7-15-14/h1-7,9H,8H2. The highest BCUT2D eigenvalue weighted by molar-refractivity contribution is 8.00. The summed E-state index contributed by atoms with van der Waals surface area (Å²) >= 11 is 1.14. The number of nitro groups is 1. The van der Waals surface area contributed by atoms with Crippen LogP contribution in [-0.2, 0) is 4.79 Å². The van der Waals surface area contributed by atoms with E-state index in [4.69, 9.17) is 0 Å². The number of carbonyl (C=O) groups is 1. The highest BCUT2D eigenvalue weighted by Crippen LogP contribution is 2.27. The van der Waals surface area contributed by atoms with E-state index in [1.54, 1.807) is 18.2 Å². The minimum atomic E-state index is -0.486. The summed E-state index contributed by atoms with van der Waals surface area (Å²) in [5, 5.41) is 11.2. The fourth-order valence-electron chi connectivity index (χ4n) is 2.05. The van der Waals surface area contributed by atoms with Crippen LogP contribution in [0.5, 0.6) is 0 Å². The summed E-state index contributed by atoms with van der Waals surface area (Å²) in [5.41, 5.74) is 0.579. The van der Waals surface area contributed by atoms with Crippen molar-refractivity contribution in [2.24, 2.45) is 15.9 Å². The van der Waals surface area contributed by atoms with Crippen molar-refractivity contribution in [2.45, 2.75) is 5.03 Å². The monoisotopic (exact) mass is 314 g/mol. The first-order chi connectivity index (χ1) is 10.6. The fourth-order valence-corrected chi connectivity index (χ4v) is 2.87. The van der Waals surface area contributed by atoms with Crippen LogP contribution in [0.1, 0.15) is 0 Å². The summed E-state index contributed by atoms with van der Waals surface area (Å²) in [6.07, 6.45) is 8.60. The van der Waals surface area contributed by atoms with E-state index in [0.717, 1.165) is 11.8 Å². The molecule has 8 heteroatoms. The lowest BCUT2D eigenvalue weighted by Crippen LogP contribution is -2.27. The lowest BCUT2D eigenvalue weighted by atomic mass is 9.97. The van der Waals surface area contributed by atoms with Gasteiger partial charge in [0.25, 0.3) is 5.91 Å². The van der Waals surface area contributed by atoms with Gasteiger partial charge in [0.2, 0.25) is 0 Å². The van der Waals surface area contributed by atoms with Crippen LogP contribution in [0.3, 0.4) is 0 Å². The highest BCUT2D eigenvalue weighted by atomic mass is 32.2. The Labute approximate surface area is 129 Å². The van der Waals surface area contributed by atoms with Gasteiger partial charge in [-0.25, -0.2) is 9.98 Å². The van der Waals surface area contributed by atoms with Crippen LogP contribution >= 0.6 is 11.8 Å². The number of pyridine rings is 1. The van der Waals surface area contributed by atoms with Gasteiger partial charge in [0.15, 0.2) is 5.03 Å². The number of allylic oxidation sites excluding steroid dienone is 3. The Kier molecular flexibility index (Phi) is 3.92. The number of thioether (sulfide) groups is 1. The lowest BCUT2D eigenvalue weighted by Gasteiger charge is -2.17. The molecule has 1 aliphatic carbocycles. The van der Waals surface area contributed by atoms with Crippen molar-refractivity contribution in [3.63, 3.8) is 0 Å². The van der Waals surface area contributed by atoms with Crippen molar-refractivity contribution < 1.29 is 9.72 Å². The van der Waals surface area contributed by atoms with Crippen LogP contribution in [0.15, 0.2) is 57.6 Å². The molecule has 1 unspecified atom stereocenters. The molecule has 2 aliphatic rings. The Bertz CT molecular complexity index is 767. The number of aromatic nitrogens is 1. The van der Waals surface area contributed by atoms with Crippen molar-refractivity contribution in [3.8, 4) is 0 Å². The molecule has 22 heavy (non-hydrogen) atoms. The van der Waals surface area contributed by atoms with Crippen molar-refractivity contribution in [3.05, 3.63) is 52.7 Å². The zero-order valence-electron chi connectivity index (χ0n) is 11.2. The third kappa shape index (κ3) is 2.86. The molecule has 0 radical (unpaired) electrons. The zero-order chi connectivity index (χ0) is 15.5. The van der Waals surface area contributed by atoms with Gasteiger partial charge < -0.3 is 0 Å². The topological polar surface area (TPSA) is 97.8 Å². The van der Waals surface area contributed by atoms with E-state index >= 15 is 0 Å². The van der Waals surface area contributed by atoms with Crippen molar-refractivity contribution >= 4 is 34.9 Å². The average molecular weight is 314 g/mol. The number of hydrogen-bond donors (Lipinski definition) is 0. The van der Waals surface area contributed by atoms with Crippen LogP contribution in [0.2, 0.25) is 0 Å². The van der Waals surface area contributed by atoms with E-state index in [0.29, 0.717) is 11.5 Å². The Morgan fingerprint density at radius 2 is 2.18 bits per heavy atom. The number of fused-ring (bicyclic) bond motifs is 1. The Morgan fingerprint density at radius 3 is 3.00 bits per heavy atom. The molecule has 7 nitrogen and oxygen atoms in total. The van der Waals surface area contributed by atoms with Crippen molar-refractivity contribution in [2.75, 3.05) is 5.75 Å². The molecule has 1 amide bonds. The first kappa shape index (κ1) is 14.3. The molecular weight excluding hydrogens is 304 g/mol. The molecule has 110 valence electrons. The number of aliphatic imine (C=N–C) groups is 2. The van der Waals surface area contributed by atoms with E-state index in [1.807, 2.05) is 6.08 Å². The summed E-state index contributed by atoms with van der Waals surface area (Å²) in [6, 6.07) is 2.90. The summed E-state index contributed by atoms with van der Waals surface area (Å²) in [5.74, 6) is -0.0852. The Hall–Kier alpha value is -2.61. The number of amidine groups is 1. The van der Waals surface area contributed by atoms with Gasteiger partial charge in [-0.05, 0) is 12.1 Å². The van der Waals surface area contributed by atoms with Crippen LogP contribution in [-0.4, -0.2) is 33.1 Å². The van der Waals surface area contributed by atoms with Crippen LogP contribution < -0.4 is 0 Å². The van der Waals surface area contributed by atoms with Crippen molar-refractivity contribution in [1.82, 2.24) is 4.98 Å². The predicted molar refractivity (Wildman–Crippen MR) is 83.3 cm³/mol. The molecule has 0 spiro atoms. The average Bonchev–Trinajstić information content (AvgIpc) is 2.53. The highest BCUT2D eigenvalue weighted by Gasteiger charge is 2.26. The molecule has 1 aromatic heterocycles. The van der Waals surface area contributed by atoms with Crippen LogP contribution in [0, 0.1) is 16.0 Å². The molecule has 0 bridgehead atoms. The largest absolute Gasteiger partial charge is 0.301 e. The first-order valence-corrected chi connectivity index (χ1v) is 7.41. The molecule has 0 fully saturated rings. The molecule has 2 heterocycles. The van der Waals surface area contributed by atoms with Gasteiger partial charge in [-0.2, -0.15) is 4.99 Å². The molecule has 0 N–H and O–H groups in total. The molecular formula is C14H10N4O3S. The van der Waals surface area contributed by atoms with Gasteiger partial charge >= 0.3 is 5.69 Å². The van der Waals surface area contributed by atoms with Crippen LogP contribution in [0.25, 0.3) is 0 Å². The predicted octanol–water partition coefficient (Wildman–Crippen LogP) is 2.20. The lowest BCUT2D eigenvalue weighted by molar-refractivity contribution is -0.388. The fraction of sp³-hybridized carbons (Fsp3) is 0.143. The van der Waals surface area contributed by atoms with E-state index in [9.17, 15) is 14.9 Å². The second-order valence-corrected chi connectivity index (χ2v) is 5.46. The second kappa shape index (κ2) is 6.02. The number of hydrogen-bond acceptors (Lipinski definition) is 6. The Morgan fingerprint density at radius 1 is 1.32 bits per heavy atom. The van der Waals surface area contributed by atoms with Gasteiger partial charge in [0, 0.05) is 12.3 Å². The maximum atomic E-state index is 11.9. The van der Waals surface area contributed by atoms with E-state index in [2.05, 4.69) is 15.0 Å². The zero-order valence-corrected chi connectivity index (χ0v) is 12.1. The maximum Gasteiger partial charge on any atom is 0.301 e. The first-order valence-electron chi connectivity index (χ1n) is 6.42. The molecule has 1 aromatic rings. The number of carbonyl (C=O) groups excluding carboxylic acids is 1. The molecule has 0 aromatic carbocycles. The minimum absolute atomic E-state index is 0.0683. The minimum Gasteiger partial charge on any atom is -0.271 e. The Balaban J connectivity index is 1.77. The van der Waals surface area contributed by atoms with Crippen LogP contribution in [0.4, 0.5) is 5.69 Å². The van der Waals surface area contributed by atoms with Gasteiger partial charge in [-0.15, -0.1) is 0 Å². The summed E-state index contributed by atoms with van der Waals surface area (Å²) in [7, 11) is 0. The SMILES string of the molecule is O=C1N=C(CSc2ncccc2[N+](=O)[O-])N=C2C=CC=CC12. The normalized spacial score (nSPS) is 19.5. The van der Waals surface area contributed by atoms with Gasteiger partial charge in [-0.1, -0.05) is 30.0 Å². The van der Waals surface area contributed by atoms with E-state index in [1.165, 1.54) is 18.3 Å². The molecule has 1 aliphatic heterocycles. The van der Waals surface area contributed by atoms with Gasteiger partial charge in [0.1, 0.15) is 11.8 Å². The molecule has 0 saturated carbocycles. The third-order valence-corrected chi connectivity index (χ3v) is 4.04. The number of nitrogens with zero attached hydrogens (tertiary/aromatic N) is 4. The molecule has 3 rings (SSSR count). The third-order valence-electron chi connectivity index (χ3n) is 3.05. The summed E-state index contributed by atoms with van der Waals surface area (Å²) in [4.78, 5) is 34.7. The number of rotatable bonds is 4. The van der Waals surface area contributed by atoms with Crippen molar-refractivity contribution in [1.29, 1.82) is 0 Å². The van der Waals surface area contributed by atoms with Gasteiger partial charge in [0.05, 0.1) is 16.4 Å². The molecule has 0 saturated heterocycles. The van der Waals surface area contributed by atoms with E-state index < -0.39 is 10.8 Å².